The molecule has 3 aromatic rings. The number of anilines is 1. The molecule has 0 unspecified atom stereocenters. The molecule has 3 aromatic carbocycles. The average Bonchev–Trinajstić information content (AvgIpc) is 2.69. The molecule has 0 atom stereocenters. The summed E-state index contributed by atoms with van der Waals surface area (Å²) in [7, 11) is -2.72. The largest absolute Gasteiger partial charge is 0.497 e. The monoisotopic (exact) mass is 432 g/mol. The molecule has 0 bridgehead atoms. The molecule has 0 fully saturated rings. The van der Waals surface area contributed by atoms with Gasteiger partial charge in [0, 0.05) is 15.9 Å². The van der Waals surface area contributed by atoms with Crippen LogP contribution in [0.15, 0.2) is 75.4 Å². The zero-order valence-electron chi connectivity index (χ0n) is 15.0. The van der Waals surface area contributed by atoms with Crippen LogP contribution in [0, 0.1) is 23.0 Å². The first kappa shape index (κ1) is 20.6. The zero-order valence-corrected chi connectivity index (χ0v) is 16.7. The van der Waals surface area contributed by atoms with E-state index < -0.39 is 26.6 Å². The molecule has 0 amide bonds. The van der Waals surface area contributed by atoms with E-state index in [2.05, 4.69) is 4.72 Å². The topological polar surface area (TPSA) is 79.2 Å². The molecule has 0 radical (unpaired) electrons. The van der Waals surface area contributed by atoms with Crippen molar-refractivity contribution >= 4 is 27.5 Å². The van der Waals surface area contributed by atoms with E-state index in [1.807, 2.05) is 18.2 Å². The number of nitrogens with one attached hydrogen (secondary N) is 1. The van der Waals surface area contributed by atoms with Crippen LogP contribution in [0.4, 0.5) is 14.5 Å². The Morgan fingerprint density at radius 1 is 1.03 bits per heavy atom. The Hall–Kier alpha value is -3.09. The maximum atomic E-state index is 13.8. The van der Waals surface area contributed by atoms with Crippen LogP contribution in [0.2, 0.25) is 0 Å². The van der Waals surface area contributed by atoms with Gasteiger partial charge in [-0.2, -0.15) is 5.26 Å². The molecule has 3 rings (SSSR count). The minimum Gasteiger partial charge on any atom is -0.497 e. The lowest BCUT2D eigenvalue weighted by atomic mass is 10.2. The molecular weight excluding hydrogens is 418 g/mol. The van der Waals surface area contributed by atoms with Crippen LogP contribution in [-0.2, 0) is 10.0 Å². The standard InChI is InChI=1S/C20H14F2N2O3S2/c1-27-16-4-6-17(7-5-16)28-19-8-3-15(10-13(19)12-23)24-29(25,26)20-9-2-14(21)11-18(20)22/h2-11,24H,1H3. The van der Waals surface area contributed by atoms with Crippen molar-refractivity contribution < 1.29 is 21.9 Å². The fourth-order valence-electron chi connectivity index (χ4n) is 2.44. The quantitative estimate of drug-likeness (QED) is 0.605. The molecule has 148 valence electrons. The van der Waals surface area contributed by atoms with Crippen LogP contribution in [0.1, 0.15) is 5.56 Å². The summed E-state index contributed by atoms with van der Waals surface area (Å²) in [6.07, 6.45) is 0. The summed E-state index contributed by atoms with van der Waals surface area (Å²) in [6, 6.07) is 15.8. The lowest BCUT2D eigenvalue weighted by Gasteiger charge is -2.11. The molecule has 29 heavy (non-hydrogen) atoms. The molecule has 1 N–H and O–H groups in total. The number of sulfonamides is 1. The van der Waals surface area contributed by atoms with Gasteiger partial charge in [0.25, 0.3) is 10.0 Å². The fourth-order valence-corrected chi connectivity index (χ4v) is 4.43. The van der Waals surface area contributed by atoms with E-state index in [4.69, 9.17) is 4.74 Å². The van der Waals surface area contributed by atoms with Gasteiger partial charge in [0.1, 0.15) is 28.3 Å². The van der Waals surface area contributed by atoms with Crippen molar-refractivity contribution in [1.82, 2.24) is 0 Å². The SMILES string of the molecule is COc1ccc(Sc2ccc(NS(=O)(=O)c3ccc(F)cc3F)cc2C#N)cc1. The first-order valence-electron chi connectivity index (χ1n) is 8.16. The lowest BCUT2D eigenvalue weighted by molar-refractivity contribution is 0.414. The zero-order chi connectivity index (χ0) is 21.0. The molecule has 5 nitrogen and oxygen atoms in total. The van der Waals surface area contributed by atoms with Crippen LogP contribution in [0.3, 0.4) is 0 Å². The Morgan fingerprint density at radius 3 is 2.38 bits per heavy atom. The van der Waals surface area contributed by atoms with Crippen LogP contribution >= 0.6 is 11.8 Å². The van der Waals surface area contributed by atoms with Gasteiger partial charge in [-0.3, -0.25) is 4.72 Å². The average molecular weight is 432 g/mol. The van der Waals surface area contributed by atoms with Gasteiger partial charge in [-0.05, 0) is 54.6 Å². The Bertz CT molecular complexity index is 1190. The minimum absolute atomic E-state index is 0.0874. The first-order chi connectivity index (χ1) is 13.8. The third-order valence-corrected chi connectivity index (χ3v) is 6.32. The smallest absolute Gasteiger partial charge is 0.264 e. The molecule has 0 spiro atoms. The summed E-state index contributed by atoms with van der Waals surface area (Å²) >= 11 is 1.33. The maximum Gasteiger partial charge on any atom is 0.264 e. The summed E-state index contributed by atoms with van der Waals surface area (Å²) in [5, 5.41) is 9.43. The number of nitrogens with zero attached hydrogens (tertiary/aromatic N) is 1. The van der Waals surface area contributed by atoms with E-state index >= 15 is 0 Å². The highest BCUT2D eigenvalue weighted by atomic mass is 32.2. The van der Waals surface area contributed by atoms with Crippen molar-refractivity contribution in [2.75, 3.05) is 11.8 Å². The summed E-state index contributed by atoms with van der Waals surface area (Å²) in [6.45, 7) is 0. The second kappa shape index (κ2) is 8.51. The lowest BCUT2D eigenvalue weighted by Crippen LogP contribution is -2.15. The van der Waals surface area contributed by atoms with Crippen molar-refractivity contribution in [2.45, 2.75) is 14.7 Å². The number of halogens is 2. The molecule has 0 aliphatic carbocycles. The fraction of sp³-hybridized carbons (Fsp3) is 0.0500. The van der Waals surface area contributed by atoms with Crippen molar-refractivity contribution in [2.24, 2.45) is 0 Å². The Labute approximate surface area is 171 Å². The predicted molar refractivity (Wildman–Crippen MR) is 105 cm³/mol. The van der Waals surface area contributed by atoms with E-state index in [0.29, 0.717) is 16.7 Å². The highest BCUT2D eigenvalue weighted by Crippen LogP contribution is 2.33. The van der Waals surface area contributed by atoms with Gasteiger partial charge in [0.2, 0.25) is 0 Å². The first-order valence-corrected chi connectivity index (χ1v) is 10.5. The molecular formula is C20H14F2N2O3S2. The number of nitriles is 1. The van der Waals surface area contributed by atoms with Gasteiger partial charge in [0.05, 0.1) is 18.4 Å². The van der Waals surface area contributed by atoms with E-state index in [-0.39, 0.29) is 11.3 Å². The number of rotatable bonds is 6. The second-order valence-electron chi connectivity index (χ2n) is 5.78. The Morgan fingerprint density at radius 2 is 1.76 bits per heavy atom. The predicted octanol–water partition coefficient (Wildman–Crippen LogP) is 4.80. The highest BCUT2D eigenvalue weighted by Gasteiger charge is 2.20. The molecule has 0 saturated carbocycles. The maximum absolute atomic E-state index is 13.8. The minimum atomic E-state index is -4.29. The normalized spacial score (nSPS) is 11.0. The third-order valence-electron chi connectivity index (χ3n) is 3.82. The number of hydrogen-bond donors (Lipinski definition) is 1. The van der Waals surface area contributed by atoms with Gasteiger partial charge in [-0.15, -0.1) is 0 Å². The summed E-state index contributed by atoms with van der Waals surface area (Å²) in [5.74, 6) is -1.38. The van der Waals surface area contributed by atoms with Gasteiger partial charge < -0.3 is 4.74 Å². The molecule has 0 saturated heterocycles. The van der Waals surface area contributed by atoms with E-state index in [0.717, 1.165) is 17.0 Å². The third kappa shape index (κ3) is 4.85. The molecule has 0 aromatic heterocycles. The van der Waals surface area contributed by atoms with Gasteiger partial charge in [-0.1, -0.05) is 11.8 Å². The van der Waals surface area contributed by atoms with E-state index in [1.54, 1.807) is 25.3 Å². The number of hydrogen-bond acceptors (Lipinski definition) is 5. The second-order valence-corrected chi connectivity index (χ2v) is 8.55. The molecule has 9 heteroatoms. The highest BCUT2D eigenvalue weighted by molar-refractivity contribution is 7.99. The van der Waals surface area contributed by atoms with Crippen molar-refractivity contribution in [1.29, 1.82) is 5.26 Å². The summed E-state index contributed by atoms with van der Waals surface area (Å²) in [5.41, 5.74) is 0.329. The van der Waals surface area contributed by atoms with Gasteiger partial charge in [0.15, 0.2) is 0 Å². The van der Waals surface area contributed by atoms with E-state index in [1.165, 1.54) is 23.9 Å². The number of benzene rings is 3. The van der Waals surface area contributed by atoms with Gasteiger partial charge >= 0.3 is 0 Å². The van der Waals surface area contributed by atoms with Crippen molar-refractivity contribution in [3.8, 4) is 11.8 Å². The van der Waals surface area contributed by atoms with Crippen LogP contribution < -0.4 is 9.46 Å². The molecule has 0 heterocycles. The Balaban J connectivity index is 1.85. The Kier molecular flexibility index (Phi) is 6.06. The number of methoxy groups -OCH3 is 1. The van der Waals surface area contributed by atoms with Crippen molar-refractivity contribution in [3.05, 3.63) is 77.9 Å². The summed E-state index contributed by atoms with van der Waals surface area (Å²) < 4.78 is 59.0. The van der Waals surface area contributed by atoms with Crippen LogP contribution in [0.25, 0.3) is 0 Å². The number of ether oxygens (including phenoxy) is 1. The van der Waals surface area contributed by atoms with Crippen LogP contribution in [0.5, 0.6) is 5.75 Å². The molecule has 0 aliphatic rings. The van der Waals surface area contributed by atoms with Gasteiger partial charge in [-0.25, -0.2) is 17.2 Å². The van der Waals surface area contributed by atoms with Crippen LogP contribution in [-0.4, -0.2) is 15.5 Å². The summed E-state index contributed by atoms with van der Waals surface area (Å²) in [4.78, 5) is 0.798. The van der Waals surface area contributed by atoms with Crippen molar-refractivity contribution in [3.63, 3.8) is 0 Å². The molecule has 0 aliphatic heterocycles. The van der Waals surface area contributed by atoms with E-state index in [9.17, 15) is 22.5 Å².